The molecule has 0 aliphatic carbocycles. The van der Waals surface area contributed by atoms with Gasteiger partial charge < -0.3 is 15.2 Å². The van der Waals surface area contributed by atoms with Gasteiger partial charge in [0.1, 0.15) is 17.5 Å². The summed E-state index contributed by atoms with van der Waals surface area (Å²) in [6.07, 6.45) is -1.44. The van der Waals surface area contributed by atoms with E-state index in [1.54, 1.807) is 20.8 Å². The van der Waals surface area contributed by atoms with Gasteiger partial charge in [0.25, 0.3) is 5.69 Å². The summed E-state index contributed by atoms with van der Waals surface area (Å²) in [6, 6.07) is 1.21. The molecule has 1 aromatic rings. The molecule has 0 aliphatic rings. The minimum atomic E-state index is -1.50. The van der Waals surface area contributed by atoms with Crippen LogP contribution in [0.25, 0.3) is 0 Å². The van der Waals surface area contributed by atoms with Crippen LogP contribution in [0.15, 0.2) is 18.2 Å². The van der Waals surface area contributed by atoms with Crippen molar-refractivity contribution in [1.29, 1.82) is 0 Å². The number of nitrogens with zero attached hydrogens (tertiary/aromatic N) is 1. The number of amides is 1. The number of hydrogen-bond donors (Lipinski definition) is 2. The molecule has 0 radical (unpaired) electrons. The summed E-state index contributed by atoms with van der Waals surface area (Å²) < 4.78 is 18.2. The van der Waals surface area contributed by atoms with Crippen LogP contribution in [-0.2, 0) is 16.0 Å². The number of nitro groups is 1. The van der Waals surface area contributed by atoms with E-state index in [-0.39, 0.29) is 5.56 Å². The molecule has 0 aromatic heterocycles. The molecule has 9 heteroatoms. The Morgan fingerprint density at radius 2 is 2.04 bits per heavy atom. The summed E-state index contributed by atoms with van der Waals surface area (Å²) in [5, 5.41) is 22.2. The Bertz CT molecular complexity index is 626. The standard InChI is InChI=1S/C14H17FN2O6/c1-14(2,3)23-13(20)16-10(12(18)19)7-8-6-9(15)4-5-11(8)17(21)22/h4-6,10H,7H2,1-3H3,(H,16,20)(H,18,19)/t10-/m0/s1. The van der Waals surface area contributed by atoms with Gasteiger partial charge in [-0.15, -0.1) is 0 Å². The molecule has 1 atom stereocenters. The average Bonchev–Trinajstić information content (AvgIpc) is 2.35. The van der Waals surface area contributed by atoms with Gasteiger partial charge in [-0.2, -0.15) is 0 Å². The van der Waals surface area contributed by atoms with Gasteiger partial charge in [-0.3, -0.25) is 10.1 Å². The number of carbonyl (C=O) groups is 2. The number of aliphatic carboxylic acids is 1. The topological polar surface area (TPSA) is 119 Å². The van der Waals surface area contributed by atoms with Crippen LogP contribution < -0.4 is 5.32 Å². The Morgan fingerprint density at radius 1 is 1.43 bits per heavy atom. The highest BCUT2D eigenvalue weighted by Gasteiger charge is 2.27. The maximum absolute atomic E-state index is 13.3. The molecule has 2 N–H and O–H groups in total. The Labute approximate surface area is 131 Å². The molecule has 8 nitrogen and oxygen atoms in total. The van der Waals surface area contributed by atoms with Crippen LogP contribution in [0.5, 0.6) is 0 Å². The molecule has 0 unspecified atom stereocenters. The lowest BCUT2D eigenvalue weighted by Gasteiger charge is -2.22. The van der Waals surface area contributed by atoms with Crippen molar-refractivity contribution in [2.45, 2.75) is 38.8 Å². The minimum absolute atomic E-state index is 0.140. The largest absolute Gasteiger partial charge is 0.480 e. The first-order valence-corrected chi connectivity index (χ1v) is 6.65. The van der Waals surface area contributed by atoms with E-state index in [2.05, 4.69) is 5.32 Å². The third-order valence-corrected chi connectivity index (χ3v) is 2.65. The predicted molar refractivity (Wildman–Crippen MR) is 77.6 cm³/mol. The summed E-state index contributed by atoms with van der Waals surface area (Å²) in [6.45, 7) is 4.79. The van der Waals surface area contributed by atoms with Gasteiger partial charge in [0.05, 0.1) is 4.92 Å². The minimum Gasteiger partial charge on any atom is -0.480 e. The van der Waals surface area contributed by atoms with Crippen LogP contribution in [-0.4, -0.2) is 33.7 Å². The number of ether oxygens (including phenoxy) is 1. The first kappa shape index (κ1) is 18.3. The first-order valence-electron chi connectivity index (χ1n) is 6.65. The Hall–Kier alpha value is -2.71. The van der Waals surface area contributed by atoms with Crippen LogP contribution in [0.3, 0.4) is 0 Å². The zero-order valence-corrected chi connectivity index (χ0v) is 12.8. The Balaban J connectivity index is 2.97. The van der Waals surface area contributed by atoms with Gasteiger partial charge in [-0.05, 0) is 32.9 Å². The van der Waals surface area contributed by atoms with Crippen LogP contribution in [0.4, 0.5) is 14.9 Å². The molecule has 0 spiro atoms. The monoisotopic (exact) mass is 328 g/mol. The van der Waals surface area contributed by atoms with Crippen molar-refractivity contribution in [2.75, 3.05) is 0 Å². The number of alkyl carbamates (subject to hydrolysis) is 1. The number of nitrogens with one attached hydrogen (secondary N) is 1. The van der Waals surface area contributed by atoms with Gasteiger partial charge in [-0.1, -0.05) is 0 Å². The third-order valence-electron chi connectivity index (χ3n) is 2.65. The fraction of sp³-hybridized carbons (Fsp3) is 0.429. The van der Waals surface area contributed by atoms with Gasteiger partial charge >= 0.3 is 12.1 Å². The Kier molecular flexibility index (Phi) is 5.61. The maximum Gasteiger partial charge on any atom is 0.408 e. The Morgan fingerprint density at radius 3 is 2.52 bits per heavy atom. The maximum atomic E-state index is 13.3. The third kappa shape index (κ3) is 5.89. The molecule has 126 valence electrons. The van der Waals surface area contributed by atoms with E-state index < -0.39 is 46.6 Å². The normalized spacial score (nSPS) is 12.3. The van der Waals surface area contributed by atoms with Crippen LogP contribution in [0, 0.1) is 15.9 Å². The number of hydrogen-bond acceptors (Lipinski definition) is 5. The summed E-state index contributed by atoms with van der Waals surface area (Å²) >= 11 is 0. The first-order chi connectivity index (χ1) is 10.5. The van der Waals surface area contributed by atoms with Gasteiger partial charge in [0.15, 0.2) is 0 Å². The smallest absolute Gasteiger partial charge is 0.408 e. The number of benzene rings is 1. The van der Waals surface area contributed by atoms with Crippen molar-refractivity contribution in [3.8, 4) is 0 Å². The van der Waals surface area contributed by atoms with Crippen molar-refractivity contribution < 1.29 is 28.7 Å². The van der Waals surface area contributed by atoms with Crippen LogP contribution >= 0.6 is 0 Å². The van der Waals surface area contributed by atoms with E-state index in [9.17, 15) is 24.1 Å². The van der Waals surface area contributed by atoms with Crippen molar-refractivity contribution in [3.05, 3.63) is 39.7 Å². The number of rotatable bonds is 5. The molecular weight excluding hydrogens is 311 g/mol. The van der Waals surface area contributed by atoms with Crippen LogP contribution in [0.1, 0.15) is 26.3 Å². The summed E-state index contributed by atoms with van der Waals surface area (Å²) in [5.41, 5.74) is -1.40. The number of carbonyl (C=O) groups excluding carboxylic acids is 1. The lowest BCUT2D eigenvalue weighted by Crippen LogP contribution is -2.44. The second-order valence-electron chi connectivity index (χ2n) is 5.77. The highest BCUT2D eigenvalue weighted by Crippen LogP contribution is 2.21. The van der Waals surface area contributed by atoms with E-state index >= 15 is 0 Å². The number of carboxylic acid groups (broad SMARTS) is 1. The SMILES string of the molecule is CC(C)(C)OC(=O)N[C@@H](Cc1cc(F)ccc1[N+](=O)[O-])C(=O)O. The second-order valence-corrected chi connectivity index (χ2v) is 5.77. The van der Waals surface area contributed by atoms with E-state index in [4.69, 9.17) is 9.84 Å². The quantitative estimate of drug-likeness (QED) is 0.632. The highest BCUT2D eigenvalue weighted by atomic mass is 19.1. The molecule has 23 heavy (non-hydrogen) atoms. The molecule has 1 rings (SSSR count). The molecule has 0 saturated carbocycles. The second kappa shape index (κ2) is 7.03. The molecule has 1 aromatic carbocycles. The highest BCUT2D eigenvalue weighted by molar-refractivity contribution is 5.80. The van der Waals surface area contributed by atoms with Crippen molar-refractivity contribution in [2.24, 2.45) is 0 Å². The summed E-state index contributed by atoms with van der Waals surface area (Å²) in [5.74, 6) is -2.17. The lowest BCUT2D eigenvalue weighted by atomic mass is 10.0. The van der Waals surface area contributed by atoms with Crippen molar-refractivity contribution in [1.82, 2.24) is 5.32 Å². The predicted octanol–water partition coefficient (Wildman–Crippen LogP) is 2.25. The molecule has 0 aliphatic heterocycles. The van der Waals surface area contributed by atoms with E-state index in [0.717, 1.165) is 18.2 Å². The average molecular weight is 328 g/mol. The molecular formula is C14H17FN2O6. The number of halogens is 1. The number of nitro benzene ring substituents is 1. The van der Waals surface area contributed by atoms with Crippen molar-refractivity contribution >= 4 is 17.7 Å². The van der Waals surface area contributed by atoms with E-state index in [1.807, 2.05) is 0 Å². The van der Waals surface area contributed by atoms with Crippen LogP contribution in [0.2, 0.25) is 0 Å². The fourth-order valence-electron chi connectivity index (χ4n) is 1.77. The fourth-order valence-corrected chi connectivity index (χ4v) is 1.77. The van der Waals surface area contributed by atoms with Gasteiger partial charge in [-0.25, -0.2) is 14.0 Å². The number of carboxylic acids is 1. The molecule has 1 amide bonds. The lowest BCUT2D eigenvalue weighted by molar-refractivity contribution is -0.385. The summed E-state index contributed by atoms with van der Waals surface area (Å²) in [7, 11) is 0. The van der Waals surface area contributed by atoms with Gasteiger partial charge in [0, 0.05) is 18.1 Å². The van der Waals surface area contributed by atoms with E-state index in [1.165, 1.54) is 0 Å². The zero-order chi connectivity index (χ0) is 17.8. The molecule has 0 bridgehead atoms. The molecule has 0 fully saturated rings. The summed E-state index contributed by atoms with van der Waals surface area (Å²) in [4.78, 5) is 33.1. The molecule has 0 heterocycles. The molecule has 0 saturated heterocycles. The van der Waals surface area contributed by atoms with Crippen molar-refractivity contribution in [3.63, 3.8) is 0 Å². The zero-order valence-electron chi connectivity index (χ0n) is 12.8. The van der Waals surface area contributed by atoms with Gasteiger partial charge in [0.2, 0.25) is 0 Å². The van der Waals surface area contributed by atoms with E-state index in [0.29, 0.717) is 0 Å².